The number of aromatic amines is 1. The molecular weight excluding hydrogens is 367 g/mol. The molecule has 1 amide bonds. The number of carbonyl (C=O) groups is 1. The van der Waals surface area contributed by atoms with E-state index in [1.165, 1.54) is 6.07 Å². The van der Waals surface area contributed by atoms with Crippen molar-refractivity contribution < 1.29 is 9.18 Å². The summed E-state index contributed by atoms with van der Waals surface area (Å²) in [7, 11) is 0. The van der Waals surface area contributed by atoms with E-state index in [4.69, 9.17) is 11.1 Å². The normalized spacial score (nSPS) is 15.0. The predicted octanol–water partition coefficient (Wildman–Crippen LogP) is 3.61. The first-order chi connectivity index (χ1) is 14.0. The fraction of sp³-hybridized carbons (Fsp3) is 0.304. The molecule has 2 aromatic carbocycles. The summed E-state index contributed by atoms with van der Waals surface area (Å²) in [4.78, 5) is 17.9. The molecule has 1 aliphatic heterocycles. The van der Waals surface area contributed by atoms with Gasteiger partial charge in [0.1, 0.15) is 11.7 Å². The van der Waals surface area contributed by atoms with Gasteiger partial charge in [0.05, 0.1) is 6.42 Å². The quantitative estimate of drug-likeness (QED) is 0.458. The van der Waals surface area contributed by atoms with E-state index in [-0.39, 0.29) is 17.6 Å². The number of likely N-dealkylation sites (tertiary alicyclic amines) is 1. The number of hydrogen-bond donors (Lipinski definition) is 3. The van der Waals surface area contributed by atoms with E-state index < -0.39 is 0 Å². The van der Waals surface area contributed by atoms with Crippen molar-refractivity contribution in [3.05, 3.63) is 71.2 Å². The van der Waals surface area contributed by atoms with Gasteiger partial charge >= 0.3 is 0 Å². The molecule has 0 radical (unpaired) electrons. The Balaban J connectivity index is 1.34. The van der Waals surface area contributed by atoms with Crippen molar-refractivity contribution in [3.63, 3.8) is 0 Å². The highest BCUT2D eigenvalue weighted by Gasteiger charge is 2.24. The van der Waals surface area contributed by atoms with Gasteiger partial charge < -0.3 is 15.6 Å². The Hall–Kier alpha value is -3.15. The second-order valence-electron chi connectivity index (χ2n) is 7.81. The SMILES string of the molecule is N=C(N)c1ccc2[nH]c(CC(=O)N3CCC(Cc4ccccc4F)CC3)cc2c1. The molecule has 2 heterocycles. The predicted molar refractivity (Wildman–Crippen MR) is 112 cm³/mol. The third-order valence-corrected chi connectivity index (χ3v) is 5.76. The van der Waals surface area contributed by atoms with Gasteiger partial charge in [-0.2, -0.15) is 0 Å². The number of nitrogens with zero attached hydrogens (tertiary/aromatic N) is 1. The van der Waals surface area contributed by atoms with Gasteiger partial charge in [-0.15, -0.1) is 0 Å². The van der Waals surface area contributed by atoms with Crippen molar-refractivity contribution in [2.75, 3.05) is 13.1 Å². The lowest BCUT2D eigenvalue weighted by atomic mass is 9.90. The number of nitrogen functional groups attached to an aromatic ring is 1. The summed E-state index contributed by atoms with van der Waals surface area (Å²) in [5.41, 5.74) is 8.78. The number of nitrogens with one attached hydrogen (secondary N) is 2. The number of rotatable bonds is 5. The zero-order valence-corrected chi connectivity index (χ0v) is 16.2. The van der Waals surface area contributed by atoms with Crippen LogP contribution in [0.4, 0.5) is 4.39 Å². The summed E-state index contributed by atoms with van der Waals surface area (Å²) in [6, 6.07) is 14.4. The van der Waals surface area contributed by atoms with E-state index in [2.05, 4.69) is 4.98 Å². The third-order valence-electron chi connectivity index (χ3n) is 5.76. The molecule has 150 valence electrons. The first-order valence-electron chi connectivity index (χ1n) is 9.97. The number of hydrogen-bond acceptors (Lipinski definition) is 2. The molecule has 1 saturated heterocycles. The molecule has 0 atom stereocenters. The lowest BCUT2D eigenvalue weighted by Gasteiger charge is -2.32. The van der Waals surface area contributed by atoms with Crippen LogP contribution < -0.4 is 5.73 Å². The van der Waals surface area contributed by atoms with Crippen LogP contribution in [-0.2, 0) is 17.6 Å². The van der Waals surface area contributed by atoms with E-state index in [0.717, 1.165) is 41.4 Å². The summed E-state index contributed by atoms with van der Waals surface area (Å²) in [6.07, 6.45) is 2.85. The Morgan fingerprint density at radius 2 is 1.93 bits per heavy atom. The van der Waals surface area contributed by atoms with Crippen LogP contribution in [0.15, 0.2) is 48.5 Å². The van der Waals surface area contributed by atoms with Gasteiger partial charge in [0, 0.05) is 35.2 Å². The summed E-state index contributed by atoms with van der Waals surface area (Å²) >= 11 is 0. The average Bonchev–Trinajstić information content (AvgIpc) is 3.11. The molecule has 0 spiro atoms. The molecule has 6 heteroatoms. The zero-order chi connectivity index (χ0) is 20.4. The molecule has 0 unspecified atom stereocenters. The largest absolute Gasteiger partial charge is 0.384 e. The molecular formula is C23H25FN4O. The molecule has 0 bridgehead atoms. The maximum absolute atomic E-state index is 13.9. The van der Waals surface area contributed by atoms with E-state index >= 15 is 0 Å². The smallest absolute Gasteiger partial charge is 0.228 e. The maximum atomic E-state index is 13.9. The molecule has 1 aromatic heterocycles. The zero-order valence-electron chi connectivity index (χ0n) is 16.2. The summed E-state index contributed by atoms with van der Waals surface area (Å²) in [5, 5.41) is 8.50. The van der Waals surface area contributed by atoms with Crippen molar-refractivity contribution in [3.8, 4) is 0 Å². The molecule has 0 saturated carbocycles. The van der Waals surface area contributed by atoms with Crippen LogP contribution >= 0.6 is 0 Å². The molecule has 3 aromatic rings. The third kappa shape index (κ3) is 4.31. The number of piperidine rings is 1. The van der Waals surface area contributed by atoms with Crippen molar-refractivity contribution in [2.45, 2.75) is 25.7 Å². The lowest BCUT2D eigenvalue weighted by Crippen LogP contribution is -2.39. The highest BCUT2D eigenvalue weighted by atomic mass is 19.1. The molecule has 5 nitrogen and oxygen atoms in total. The Labute approximate surface area is 169 Å². The van der Waals surface area contributed by atoms with Crippen LogP contribution in [0, 0.1) is 17.1 Å². The van der Waals surface area contributed by atoms with E-state index in [9.17, 15) is 9.18 Å². The minimum Gasteiger partial charge on any atom is -0.384 e. The molecule has 1 fully saturated rings. The Morgan fingerprint density at radius 3 is 2.66 bits per heavy atom. The van der Waals surface area contributed by atoms with Crippen molar-refractivity contribution in [1.29, 1.82) is 5.41 Å². The second-order valence-corrected chi connectivity index (χ2v) is 7.81. The number of carbonyl (C=O) groups excluding carboxylic acids is 1. The molecule has 0 aliphatic carbocycles. The molecule has 29 heavy (non-hydrogen) atoms. The van der Waals surface area contributed by atoms with Crippen molar-refractivity contribution >= 4 is 22.6 Å². The van der Waals surface area contributed by atoms with Gasteiger partial charge in [-0.05, 0) is 61.1 Å². The van der Waals surface area contributed by atoms with E-state index in [0.29, 0.717) is 31.0 Å². The van der Waals surface area contributed by atoms with Gasteiger partial charge in [-0.25, -0.2) is 4.39 Å². The number of aromatic nitrogens is 1. The first-order valence-corrected chi connectivity index (χ1v) is 9.97. The Morgan fingerprint density at radius 1 is 1.17 bits per heavy atom. The van der Waals surface area contributed by atoms with Gasteiger partial charge in [0.15, 0.2) is 0 Å². The monoisotopic (exact) mass is 392 g/mol. The number of H-pyrrole nitrogens is 1. The molecule has 1 aliphatic rings. The van der Waals surface area contributed by atoms with E-state index in [1.807, 2.05) is 35.2 Å². The summed E-state index contributed by atoms with van der Waals surface area (Å²) in [5.74, 6) is 0.406. The fourth-order valence-electron chi connectivity index (χ4n) is 4.09. The minimum absolute atomic E-state index is 0.0315. The highest BCUT2D eigenvalue weighted by molar-refractivity contribution is 5.98. The standard InChI is InChI=1S/C23H25FN4O/c24-20-4-2-1-3-16(20)11-15-7-9-28(10-8-15)22(29)14-19-13-18-12-17(23(25)26)5-6-21(18)27-19/h1-6,12-13,15,27H,7-11,14H2,(H3,25,26). The average molecular weight is 392 g/mol. The van der Waals surface area contributed by atoms with E-state index in [1.54, 1.807) is 12.1 Å². The number of amidine groups is 1. The van der Waals surface area contributed by atoms with Crippen molar-refractivity contribution in [1.82, 2.24) is 9.88 Å². The first kappa shape index (κ1) is 19.2. The number of fused-ring (bicyclic) bond motifs is 1. The van der Waals surface area contributed by atoms with Crippen LogP contribution in [0.1, 0.15) is 29.7 Å². The summed E-state index contributed by atoms with van der Waals surface area (Å²) in [6.45, 7) is 1.43. The Kier molecular flexibility index (Phi) is 5.34. The highest BCUT2D eigenvalue weighted by Crippen LogP contribution is 2.24. The van der Waals surface area contributed by atoms with Gasteiger partial charge in [0.2, 0.25) is 5.91 Å². The Bertz CT molecular complexity index is 1050. The van der Waals surface area contributed by atoms with Gasteiger partial charge in [-0.3, -0.25) is 10.2 Å². The van der Waals surface area contributed by atoms with Crippen LogP contribution in [0.3, 0.4) is 0 Å². The topological polar surface area (TPSA) is 86.0 Å². The fourth-order valence-corrected chi connectivity index (χ4v) is 4.09. The molecule has 4 rings (SSSR count). The van der Waals surface area contributed by atoms with Crippen molar-refractivity contribution in [2.24, 2.45) is 11.7 Å². The maximum Gasteiger partial charge on any atom is 0.228 e. The lowest BCUT2D eigenvalue weighted by molar-refractivity contribution is -0.131. The second kappa shape index (κ2) is 8.07. The summed E-state index contributed by atoms with van der Waals surface area (Å²) < 4.78 is 13.9. The van der Waals surface area contributed by atoms with Gasteiger partial charge in [-0.1, -0.05) is 18.2 Å². The molecule has 4 N–H and O–H groups in total. The number of amides is 1. The van der Waals surface area contributed by atoms with Gasteiger partial charge in [0.25, 0.3) is 0 Å². The minimum atomic E-state index is -0.141. The number of nitrogens with two attached hydrogens (primary N) is 1. The van der Waals surface area contributed by atoms with Crippen LogP contribution in [0.5, 0.6) is 0 Å². The van der Waals surface area contributed by atoms with Crippen LogP contribution in [0.2, 0.25) is 0 Å². The number of benzene rings is 2. The number of halogens is 1. The van der Waals surface area contributed by atoms with Crippen LogP contribution in [0.25, 0.3) is 10.9 Å². The van der Waals surface area contributed by atoms with Crippen LogP contribution in [-0.4, -0.2) is 34.7 Å².